The van der Waals surface area contributed by atoms with Crippen molar-refractivity contribution in [3.63, 3.8) is 0 Å². The Morgan fingerprint density at radius 2 is 2.17 bits per heavy atom. The van der Waals surface area contributed by atoms with Crippen LogP contribution < -0.4 is 5.32 Å². The summed E-state index contributed by atoms with van der Waals surface area (Å²) in [6, 6.07) is 0. The van der Waals surface area contributed by atoms with E-state index in [2.05, 4.69) is 10.2 Å². The maximum absolute atomic E-state index is 11.3. The summed E-state index contributed by atoms with van der Waals surface area (Å²) in [5, 5.41) is 3.34. The van der Waals surface area contributed by atoms with Gasteiger partial charge in [-0.05, 0) is 6.42 Å². The molecule has 1 heterocycles. The van der Waals surface area contributed by atoms with Crippen LogP contribution in [0.3, 0.4) is 0 Å². The van der Waals surface area contributed by atoms with E-state index in [1.165, 1.54) is 31.7 Å². The van der Waals surface area contributed by atoms with Crippen molar-refractivity contribution in [1.29, 1.82) is 0 Å². The molecule has 1 saturated heterocycles. The summed E-state index contributed by atoms with van der Waals surface area (Å²) in [5.74, 6) is 2.29. The second-order valence-corrected chi connectivity index (χ2v) is 5.46. The van der Waals surface area contributed by atoms with Crippen molar-refractivity contribution in [2.75, 3.05) is 51.3 Å². The molecule has 0 aromatic heterocycles. The van der Waals surface area contributed by atoms with Gasteiger partial charge in [0.2, 0.25) is 0 Å². The number of rotatable bonds is 7. The van der Waals surface area contributed by atoms with Gasteiger partial charge in [0.25, 0.3) is 0 Å². The van der Waals surface area contributed by atoms with Crippen LogP contribution >= 0.6 is 11.8 Å². The fourth-order valence-electron chi connectivity index (χ4n) is 1.86. The number of ether oxygens (including phenoxy) is 1. The average Bonchev–Trinajstić information content (AvgIpc) is 2.43. The molecule has 0 amide bonds. The number of nitrogens with one attached hydrogen (secondary N) is 1. The highest BCUT2D eigenvalue weighted by Gasteiger charge is 2.09. The monoisotopic (exact) mass is 272 g/mol. The molecule has 5 heteroatoms. The van der Waals surface area contributed by atoms with Gasteiger partial charge < -0.3 is 15.0 Å². The van der Waals surface area contributed by atoms with E-state index in [1.807, 2.05) is 24.8 Å². The molecule has 0 radical (unpaired) electrons. The average molecular weight is 272 g/mol. The smallest absolute Gasteiger partial charge is 0.333 e. The van der Waals surface area contributed by atoms with E-state index in [0.717, 1.165) is 31.6 Å². The van der Waals surface area contributed by atoms with E-state index >= 15 is 0 Å². The molecule has 0 unspecified atom stereocenters. The van der Waals surface area contributed by atoms with Gasteiger partial charge in [0.1, 0.15) is 0 Å². The van der Waals surface area contributed by atoms with Crippen molar-refractivity contribution < 1.29 is 9.53 Å². The van der Waals surface area contributed by atoms with Gasteiger partial charge >= 0.3 is 5.97 Å². The summed E-state index contributed by atoms with van der Waals surface area (Å²) in [6.45, 7) is 7.16. The molecule has 18 heavy (non-hydrogen) atoms. The van der Waals surface area contributed by atoms with Crippen LogP contribution in [0.1, 0.15) is 13.3 Å². The number of nitrogens with zero attached hydrogens (tertiary/aromatic N) is 1. The molecule has 0 spiro atoms. The van der Waals surface area contributed by atoms with E-state index in [1.54, 1.807) is 0 Å². The highest BCUT2D eigenvalue weighted by molar-refractivity contribution is 7.99. The van der Waals surface area contributed by atoms with E-state index < -0.39 is 0 Å². The lowest BCUT2D eigenvalue weighted by Gasteiger charge is -2.25. The van der Waals surface area contributed by atoms with Crippen molar-refractivity contribution in [3.8, 4) is 0 Å². The molecule has 0 aliphatic carbocycles. The molecule has 0 bridgehead atoms. The minimum Gasteiger partial charge on any atom is -0.466 e. The summed E-state index contributed by atoms with van der Waals surface area (Å²) in [7, 11) is 1.42. The minimum atomic E-state index is -0.215. The number of carbonyl (C=O) groups excluding carboxylic acids is 1. The number of esters is 1. The summed E-state index contributed by atoms with van der Waals surface area (Å²) in [6.07, 6.45) is 2.65. The standard InChI is InChI=1S/C13H24N2O2S/c1-3-12(13(16)17-2)4-5-14-6-7-15-8-10-18-11-9-15/h4,14H,3,5-11H2,1-2H3. The first-order valence-electron chi connectivity index (χ1n) is 6.56. The van der Waals surface area contributed by atoms with Crippen molar-refractivity contribution in [1.82, 2.24) is 10.2 Å². The molecular weight excluding hydrogens is 248 g/mol. The van der Waals surface area contributed by atoms with Crippen molar-refractivity contribution >= 4 is 17.7 Å². The van der Waals surface area contributed by atoms with Crippen LogP contribution in [0.25, 0.3) is 0 Å². The van der Waals surface area contributed by atoms with Crippen molar-refractivity contribution in [2.45, 2.75) is 13.3 Å². The van der Waals surface area contributed by atoms with Crippen LogP contribution in [0, 0.1) is 0 Å². The van der Waals surface area contributed by atoms with E-state index in [4.69, 9.17) is 4.74 Å². The zero-order valence-corrected chi connectivity index (χ0v) is 12.2. The second kappa shape index (κ2) is 9.42. The Labute approximate surface area is 114 Å². The Kier molecular flexibility index (Phi) is 8.13. The molecule has 1 N–H and O–H groups in total. The SMILES string of the molecule is CCC(=CCNCCN1CCSCC1)C(=O)OC. The molecule has 1 aliphatic heterocycles. The molecule has 0 aromatic rings. The third kappa shape index (κ3) is 5.89. The highest BCUT2D eigenvalue weighted by atomic mass is 32.2. The molecule has 1 fully saturated rings. The fourth-order valence-corrected chi connectivity index (χ4v) is 2.84. The number of methoxy groups -OCH3 is 1. The predicted octanol–water partition coefficient (Wildman–Crippen LogP) is 1.13. The van der Waals surface area contributed by atoms with Crippen LogP contribution in [0.5, 0.6) is 0 Å². The lowest BCUT2D eigenvalue weighted by atomic mass is 10.2. The van der Waals surface area contributed by atoms with Gasteiger partial charge in [-0.1, -0.05) is 13.0 Å². The third-order valence-electron chi connectivity index (χ3n) is 3.03. The Hall–Kier alpha value is -0.520. The first-order chi connectivity index (χ1) is 8.77. The van der Waals surface area contributed by atoms with Crippen molar-refractivity contribution in [3.05, 3.63) is 11.6 Å². The quantitative estimate of drug-likeness (QED) is 0.427. The van der Waals surface area contributed by atoms with Crippen LogP contribution in [-0.4, -0.2) is 62.2 Å². The van der Waals surface area contributed by atoms with Gasteiger partial charge in [-0.25, -0.2) is 4.79 Å². The normalized spacial score (nSPS) is 17.8. The molecule has 0 atom stereocenters. The molecule has 0 aromatic carbocycles. The Morgan fingerprint density at radius 1 is 1.44 bits per heavy atom. The molecule has 1 rings (SSSR count). The summed E-state index contributed by atoms with van der Waals surface area (Å²) >= 11 is 2.03. The molecule has 1 aliphatic rings. The second-order valence-electron chi connectivity index (χ2n) is 4.23. The number of hydrogen-bond acceptors (Lipinski definition) is 5. The van der Waals surface area contributed by atoms with Crippen LogP contribution in [0.4, 0.5) is 0 Å². The molecular formula is C13H24N2O2S. The number of thioether (sulfide) groups is 1. The number of hydrogen-bond donors (Lipinski definition) is 1. The van der Waals surface area contributed by atoms with E-state index in [9.17, 15) is 4.79 Å². The van der Waals surface area contributed by atoms with Gasteiger partial charge in [-0.15, -0.1) is 0 Å². The Balaban J connectivity index is 2.12. The summed E-state index contributed by atoms with van der Waals surface area (Å²) in [5.41, 5.74) is 0.749. The maximum Gasteiger partial charge on any atom is 0.333 e. The van der Waals surface area contributed by atoms with Gasteiger partial charge in [-0.2, -0.15) is 11.8 Å². The molecule has 4 nitrogen and oxygen atoms in total. The van der Waals surface area contributed by atoms with Crippen LogP contribution in [0.15, 0.2) is 11.6 Å². The summed E-state index contributed by atoms with van der Waals surface area (Å²) < 4.78 is 4.71. The van der Waals surface area contributed by atoms with Crippen LogP contribution in [0.2, 0.25) is 0 Å². The minimum absolute atomic E-state index is 0.215. The zero-order chi connectivity index (χ0) is 13.2. The Morgan fingerprint density at radius 3 is 2.78 bits per heavy atom. The van der Waals surface area contributed by atoms with E-state index in [0.29, 0.717) is 0 Å². The Bertz CT molecular complexity index is 276. The third-order valence-corrected chi connectivity index (χ3v) is 3.97. The van der Waals surface area contributed by atoms with Crippen molar-refractivity contribution in [2.24, 2.45) is 0 Å². The first-order valence-corrected chi connectivity index (χ1v) is 7.71. The lowest BCUT2D eigenvalue weighted by Crippen LogP contribution is -2.37. The number of carbonyl (C=O) groups is 1. The van der Waals surface area contributed by atoms with Gasteiger partial charge in [-0.3, -0.25) is 0 Å². The zero-order valence-electron chi connectivity index (χ0n) is 11.4. The molecule has 0 saturated carbocycles. The van der Waals surface area contributed by atoms with Gasteiger partial charge in [0.15, 0.2) is 0 Å². The highest BCUT2D eigenvalue weighted by Crippen LogP contribution is 2.07. The lowest BCUT2D eigenvalue weighted by molar-refractivity contribution is -0.136. The van der Waals surface area contributed by atoms with E-state index in [-0.39, 0.29) is 5.97 Å². The van der Waals surface area contributed by atoms with Gasteiger partial charge in [0.05, 0.1) is 7.11 Å². The largest absolute Gasteiger partial charge is 0.466 e. The first kappa shape index (κ1) is 15.5. The predicted molar refractivity (Wildman–Crippen MR) is 77.0 cm³/mol. The van der Waals surface area contributed by atoms with Gasteiger partial charge in [0, 0.05) is 49.8 Å². The molecule has 104 valence electrons. The topological polar surface area (TPSA) is 41.6 Å². The summed E-state index contributed by atoms with van der Waals surface area (Å²) in [4.78, 5) is 13.8. The van der Waals surface area contributed by atoms with Crippen LogP contribution in [-0.2, 0) is 9.53 Å². The maximum atomic E-state index is 11.3. The fraction of sp³-hybridized carbons (Fsp3) is 0.769.